The molecule has 0 saturated carbocycles. The lowest BCUT2D eigenvalue weighted by molar-refractivity contribution is -0.177. The average Bonchev–Trinajstić information content (AvgIpc) is 1.60. The van der Waals surface area contributed by atoms with E-state index in [2.05, 4.69) is 38.8 Å². The molecule has 8 rings (SSSR count). The number of ketones is 1. The molecule has 114 heavy (non-hydrogen) atoms. The van der Waals surface area contributed by atoms with E-state index in [1.807, 2.05) is 24.3 Å². The fraction of sp³-hybridized carbons (Fsp3) is 0.543. The van der Waals surface area contributed by atoms with Crippen LogP contribution >= 0.6 is 0 Å². The van der Waals surface area contributed by atoms with Gasteiger partial charge in [0.25, 0.3) is 23.6 Å². The van der Waals surface area contributed by atoms with Crippen LogP contribution in [0, 0.1) is 0 Å². The maximum atomic E-state index is 13.5. The Kier molecular flexibility index (Phi) is 42.5. The van der Waals surface area contributed by atoms with Gasteiger partial charge in [-0.2, -0.15) is 0 Å². The van der Waals surface area contributed by atoms with Gasteiger partial charge in [-0.15, -0.1) is 0 Å². The zero-order chi connectivity index (χ0) is 82.4. The Morgan fingerprint density at radius 2 is 0.746 bits per heavy atom. The first kappa shape index (κ1) is 92.7. The van der Waals surface area contributed by atoms with Crippen LogP contribution in [0.5, 0.6) is 0 Å². The summed E-state index contributed by atoms with van der Waals surface area (Å²) in [5.74, 6) is -4.68. The van der Waals surface area contributed by atoms with Gasteiger partial charge in [0, 0.05) is 213 Å². The van der Waals surface area contributed by atoms with Crippen molar-refractivity contribution in [3.63, 3.8) is 0 Å². The van der Waals surface area contributed by atoms with Crippen molar-refractivity contribution in [2.75, 3.05) is 157 Å². The number of anilines is 3. The molecule has 2 fully saturated rings. The number of fused-ring (bicyclic) bond motifs is 6. The summed E-state index contributed by atoms with van der Waals surface area (Å²) in [6.07, 6.45) is 5.33. The minimum Gasteiger partial charge on any atom is -0.432 e. The van der Waals surface area contributed by atoms with Crippen molar-refractivity contribution in [3.8, 4) is 22.3 Å². The third-order valence-electron chi connectivity index (χ3n) is 17.9. The highest BCUT2D eigenvalue weighted by molar-refractivity contribution is 6.06. The third kappa shape index (κ3) is 32.4. The summed E-state index contributed by atoms with van der Waals surface area (Å²) in [4.78, 5) is 168. The molecule has 0 aromatic heterocycles. The topological polar surface area (TPSA) is 411 Å². The van der Waals surface area contributed by atoms with E-state index in [9.17, 15) is 62.3 Å². The molecule has 2 saturated heterocycles. The summed E-state index contributed by atoms with van der Waals surface area (Å²) >= 11 is 0. The lowest BCUT2D eigenvalue weighted by Crippen LogP contribution is -2.32. The molecule has 624 valence electrons. The molecular formula is C81H110N8O25. The van der Waals surface area contributed by atoms with Crippen LogP contribution in [0.25, 0.3) is 22.3 Å². The number of unbranched alkanes of at least 4 members (excludes halogenated alkanes) is 1. The number of amides is 10. The van der Waals surface area contributed by atoms with Gasteiger partial charge in [0.05, 0.1) is 19.8 Å². The van der Waals surface area contributed by atoms with Crippen LogP contribution in [0.3, 0.4) is 0 Å². The van der Waals surface area contributed by atoms with Crippen LogP contribution in [0.4, 0.5) is 26.7 Å². The molecule has 33 nitrogen and oxygen atoms in total. The molecule has 0 radical (unpaired) electrons. The highest BCUT2D eigenvalue weighted by Crippen LogP contribution is 2.49. The molecule has 4 aliphatic rings. The quantitative estimate of drug-likeness (QED) is 0.0104. The summed E-state index contributed by atoms with van der Waals surface area (Å²) in [5, 5.41) is 17.7. The average molecular weight is 1600 g/mol. The number of nitrogens with one attached hydrogen (secondary N) is 6. The minimum absolute atomic E-state index is 0.0471. The van der Waals surface area contributed by atoms with Crippen molar-refractivity contribution in [1.82, 2.24) is 26.1 Å². The largest absolute Gasteiger partial charge is 0.533 e. The molecule has 2 aliphatic carbocycles. The zero-order valence-electron chi connectivity index (χ0n) is 66.1. The van der Waals surface area contributed by atoms with Crippen LogP contribution in [0.1, 0.15) is 180 Å². The standard InChI is InChI=1S/C38H49N3O12.C32H38N4O10.C11H23NO3/c1-48-18-6-21-50-20-5-10-32(42)29-9-3-8-27-31(25-52-38(47)53-41-35(45)15-16-36(41)46)30-24-26(13-14-28(30)37(27)29)40-34(44)12-4-11-33(43)39-17-23-51-22-7-19-49-2;1-20(37)34-21-7-9-23-24-10-8-22(35-29(39)6-3-5-28(38)33-13-16-44-15-4-14-43-2)18-26(24)27(25(23)17-21)19-45-32(42)46-36-30(40)11-12-31(36)41;1-3-4-6-11(13)12-7-10-15-9-5-8-14-2/h3,8-9,13-14,24,31H,4-7,10-12,15-23,25H2,1-2H3,(H,39,43)(H,40,44);7-10,17-18,27H,3-6,11-16,19H2,1-2H3,(H,33,38)(H,34,37)(H,35,39);3-10H2,1-2H3,(H,12,13). The van der Waals surface area contributed by atoms with E-state index in [0.717, 1.165) is 78.5 Å². The Balaban J connectivity index is 0.000000303. The normalized spacial score (nSPS) is 14.1. The Bertz CT molecular complexity index is 3820. The number of rotatable bonds is 50. The molecule has 2 heterocycles. The first-order chi connectivity index (χ1) is 55.2. The summed E-state index contributed by atoms with van der Waals surface area (Å²) in [7, 11) is 6.55. The van der Waals surface area contributed by atoms with Gasteiger partial charge in [-0.3, -0.25) is 62.4 Å². The van der Waals surface area contributed by atoms with Crippen LogP contribution in [-0.4, -0.2) is 228 Å². The van der Waals surface area contributed by atoms with Crippen molar-refractivity contribution in [2.45, 2.75) is 148 Å². The second-order valence-electron chi connectivity index (χ2n) is 26.7. The highest BCUT2D eigenvalue weighted by Gasteiger charge is 2.38. The van der Waals surface area contributed by atoms with Gasteiger partial charge in [-0.05, 0) is 132 Å². The first-order valence-corrected chi connectivity index (χ1v) is 38.6. The Labute approximate surface area is 664 Å². The molecule has 4 aromatic rings. The van der Waals surface area contributed by atoms with Gasteiger partial charge in [-0.1, -0.05) is 59.9 Å². The molecule has 2 atom stereocenters. The highest BCUT2D eigenvalue weighted by atomic mass is 16.8. The number of carbonyl (C=O) groups excluding carboxylic acids is 13. The number of hydroxylamine groups is 4. The van der Waals surface area contributed by atoms with E-state index in [1.165, 1.54) is 6.92 Å². The third-order valence-corrected chi connectivity index (χ3v) is 17.9. The molecular weight excluding hydrogens is 1480 g/mol. The minimum atomic E-state index is -1.22. The van der Waals surface area contributed by atoms with Crippen molar-refractivity contribution in [2.24, 2.45) is 0 Å². The number of imide groups is 2. The first-order valence-electron chi connectivity index (χ1n) is 38.6. The van der Waals surface area contributed by atoms with E-state index in [-0.39, 0.29) is 112 Å². The maximum Gasteiger partial charge on any atom is 0.533 e. The smallest absolute Gasteiger partial charge is 0.432 e. The van der Waals surface area contributed by atoms with Crippen molar-refractivity contribution in [1.29, 1.82) is 0 Å². The van der Waals surface area contributed by atoms with Gasteiger partial charge < -0.3 is 79.3 Å². The van der Waals surface area contributed by atoms with Crippen molar-refractivity contribution >= 4 is 94.2 Å². The van der Waals surface area contributed by atoms with Crippen LogP contribution in [0.15, 0.2) is 72.8 Å². The lowest BCUT2D eigenvalue weighted by atomic mass is 9.93. The summed E-state index contributed by atoms with van der Waals surface area (Å²) < 4.78 is 52.3. The summed E-state index contributed by atoms with van der Waals surface area (Å²) in [6.45, 7) is 11.1. The number of carbonyl (C=O) groups is 13. The number of ether oxygens (including phenoxy) is 10. The molecule has 0 bridgehead atoms. The van der Waals surface area contributed by atoms with Crippen LogP contribution in [0.2, 0.25) is 0 Å². The second kappa shape index (κ2) is 52.3. The van der Waals surface area contributed by atoms with E-state index in [4.69, 9.17) is 57.0 Å². The summed E-state index contributed by atoms with van der Waals surface area (Å²) in [6, 6.07) is 21.4. The molecule has 33 heteroatoms. The lowest BCUT2D eigenvalue weighted by Gasteiger charge is -2.17. The van der Waals surface area contributed by atoms with E-state index in [0.29, 0.717) is 162 Å². The molecule has 4 aromatic carbocycles. The monoisotopic (exact) mass is 1590 g/mol. The molecule has 6 N–H and O–H groups in total. The second-order valence-corrected chi connectivity index (χ2v) is 26.7. The van der Waals surface area contributed by atoms with Crippen LogP contribution < -0.4 is 31.9 Å². The molecule has 2 aliphatic heterocycles. The van der Waals surface area contributed by atoms with Gasteiger partial charge >= 0.3 is 12.3 Å². The predicted molar refractivity (Wildman–Crippen MR) is 415 cm³/mol. The van der Waals surface area contributed by atoms with Crippen molar-refractivity contribution < 1.29 is 119 Å². The number of nitrogens with zero attached hydrogens (tertiary/aromatic N) is 2. The Hall–Kier alpha value is -10.1. The number of Topliss-reactive ketones (excluding diaryl/α,β-unsaturated/α-hetero) is 1. The number of hydrogen-bond acceptors (Lipinski definition) is 25. The molecule has 10 amide bonds. The summed E-state index contributed by atoms with van der Waals surface area (Å²) in [5.41, 5.74) is 8.12. The number of methoxy groups -OCH3 is 4. The fourth-order valence-electron chi connectivity index (χ4n) is 12.4. The van der Waals surface area contributed by atoms with E-state index in [1.54, 1.807) is 77.0 Å². The van der Waals surface area contributed by atoms with Crippen molar-refractivity contribution in [3.05, 3.63) is 101 Å². The fourth-order valence-corrected chi connectivity index (χ4v) is 12.4. The predicted octanol–water partition coefficient (Wildman–Crippen LogP) is 8.91. The van der Waals surface area contributed by atoms with Crippen LogP contribution in [-0.2, 0) is 105 Å². The zero-order valence-corrected chi connectivity index (χ0v) is 66.1. The van der Waals surface area contributed by atoms with Gasteiger partial charge in [0.1, 0.15) is 13.2 Å². The van der Waals surface area contributed by atoms with Gasteiger partial charge in [0.2, 0.25) is 35.4 Å². The SMILES string of the molecule is CCCCC(=O)NCCOCCCOC.COCCCOCCCC(=O)c1cccc2c1-c1ccc(NC(=O)CCCC(=O)NCCOCCCOC)cc1C2COC(=O)ON1C(=O)CCC1=O.COCCCOCCNC(=O)CCCC(=O)Nc1ccc2c(c1)C(COC(=O)ON1C(=O)CCC1=O)c1cc(NC(C)=O)ccc1-2. The number of benzene rings is 4. The number of hydrogen-bond donors (Lipinski definition) is 6. The molecule has 0 spiro atoms. The van der Waals surface area contributed by atoms with E-state index < -0.39 is 47.8 Å². The van der Waals surface area contributed by atoms with Gasteiger partial charge in [0.15, 0.2) is 5.78 Å². The van der Waals surface area contributed by atoms with Gasteiger partial charge in [-0.25, -0.2) is 9.59 Å². The molecule has 2 unspecified atom stereocenters. The Morgan fingerprint density at radius 3 is 1.15 bits per heavy atom. The Morgan fingerprint density at radius 1 is 0.386 bits per heavy atom. The maximum absolute atomic E-state index is 13.5. The van der Waals surface area contributed by atoms with E-state index >= 15 is 0 Å².